The average Bonchev–Trinajstić information content (AvgIpc) is 2.83. The Morgan fingerprint density at radius 3 is 2.92 bits per heavy atom. The highest BCUT2D eigenvalue weighted by Gasteiger charge is 2.31. The van der Waals surface area contributed by atoms with Crippen LogP contribution in [0.15, 0.2) is 12.3 Å². The van der Waals surface area contributed by atoms with Crippen LogP contribution in [-0.4, -0.2) is 67.3 Å². The van der Waals surface area contributed by atoms with Gasteiger partial charge in [0.05, 0.1) is 6.61 Å². The molecule has 1 atom stereocenters. The van der Waals surface area contributed by atoms with Crippen LogP contribution in [0.5, 0.6) is 5.88 Å². The summed E-state index contributed by atoms with van der Waals surface area (Å²) in [4.78, 5) is 13.9. The summed E-state index contributed by atoms with van der Waals surface area (Å²) in [5.74, 6) is 1.47. The van der Waals surface area contributed by atoms with Gasteiger partial charge in [0.1, 0.15) is 0 Å². The molecule has 1 unspecified atom stereocenters. The van der Waals surface area contributed by atoms with Crippen LogP contribution in [0, 0.1) is 5.41 Å². The summed E-state index contributed by atoms with van der Waals surface area (Å²) in [6.45, 7) is 12.8. The van der Waals surface area contributed by atoms with E-state index in [1.165, 1.54) is 13.0 Å². The minimum atomic E-state index is 0. The molecular formula is C17H30ClN5O. The third-order valence-electron chi connectivity index (χ3n) is 4.84. The van der Waals surface area contributed by atoms with Gasteiger partial charge >= 0.3 is 0 Å². The summed E-state index contributed by atoms with van der Waals surface area (Å²) in [6.07, 6.45) is 4.24. The number of nitrogens with one attached hydrogen (secondary N) is 1. The fraction of sp³-hybridized carbons (Fsp3) is 0.765. The van der Waals surface area contributed by atoms with Gasteiger partial charge in [0.2, 0.25) is 11.8 Å². The molecule has 0 spiro atoms. The molecule has 3 rings (SSSR count). The van der Waals surface area contributed by atoms with E-state index in [1.807, 2.05) is 13.0 Å². The lowest BCUT2D eigenvalue weighted by Gasteiger charge is -2.31. The van der Waals surface area contributed by atoms with Crippen molar-refractivity contribution in [1.82, 2.24) is 20.2 Å². The van der Waals surface area contributed by atoms with Crippen molar-refractivity contribution in [2.24, 2.45) is 5.41 Å². The first-order valence-corrected chi connectivity index (χ1v) is 8.82. The summed E-state index contributed by atoms with van der Waals surface area (Å²) in [5.41, 5.74) is 0.431. The van der Waals surface area contributed by atoms with Crippen LogP contribution in [0.1, 0.15) is 26.7 Å². The van der Waals surface area contributed by atoms with Crippen LogP contribution in [-0.2, 0) is 0 Å². The van der Waals surface area contributed by atoms with Crippen LogP contribution < -0.4 is 15.0 Å². The molecule has 2 aliphatic heterocycles. The average molecular weight is 356 g/mol. The molecule has 136 valence electrons. The number of ether oxygens (including phenoxy) is 1. The van der Waals surface area contributed by atoms with Gasteiger partial charge in [-0.1, -0.05) is 6.92 Å². The van der Waals surface area contributed by atoms with Gasteiger partial charge in [-0.05, 0) is 38.3 Å². The van der Waals surface area contributed by atoms with Crippen molar-refractivity contribution in [2.75, 3.05) is 57.3 Å². The van der Waals surface area contributed by atoms with Gasteiger partial charge in [0.25, 0.3) is 0 Å². The maximum atomic E-state index is 5.50. The molecule has 2 fully saturated rings. The lowest BCUT2D eigenvalue weighted by Crippen LogP contribution is -2.39. The first kappa shape index (κ1) is 19.2. The van der Waals surface area contributed by atoms with E-state index in [4.69, 9.17) is 4.74 Å². The van der Waals surface area contributed by atoms with Gasteiger partial charge < -0.3 is 19.9 Å². The van der Waals surface area contributed by atoms with Gasteiger partial charge in [-0.25, -0.2) is 4.98 Å². The van der Waals surface area contributed by atoms with E-state index < -0.39 is 0 Å². The van der Waals surface area contributed by atoms with E-state index in [1.54, 1.807) is 6.20 Å². The van der Waals surface area contributed by atoms with Crippen molar-refractivity contribution in [2.45, 2.75) is 26.7 Å². The Morgan fingerprint density at radius 1 is 1.29 bits per heavy atom. The summed E-state index contributed by atoms with van der Waals surface area (Å²) in [6, 6.07) is 1.82. The van der Waals surface area contributed by atoms with Crippen molar-refractivity contribution in [1.29, 1.82) is 0 Å². The standard InChI is InChI=1S/C17H29N5O.ClH/c1-3-23-15-5-7-19-16(20-15)22-10-4-9-21(11-12-22)14-17(2)6-8-18-13-17;/h5,7,18H,3-4,6,8-14H2,1-2H3;1H. The Balaban J connectivity index is 0.00000208. The maximum absolute atomic E-state index is 5.50. The second-order valence-corrected chi connectivity index (χ2v) is 6.98. The summed E-state index contributed by atoms with van der Waals surface area (Å²) in [7, 11) is 0. The molecule has 0 aliphatic carbocycles. The molecule has 0 saturated carbocycles. The molecule has 0 amide bonds. The Bertz CT molecular complexity index is 510. The van der Waals surface area contributed by atoms with Crippen molar-refractivity contribution >= 4 is 18.4 Å². The predicted molar refractivity (Wildman–Crippen MR) is 99.3 cm³/mol. The number of hydrogen-bond donors (Lipinski definition) is 1. The Labute approximate surface area is 151 Å². The highest BCUT2D eigenvalue weighted by molar-refractivity contribution is 5.85. The summed E-state index contributed by atoms with van der Waals surface area (Å²) >= 11 is 0. The lowest BCUT2D eigenvalue weighted by atomic mass is 9.89. The van der Waals surface area contributed by atoms with E-state index in [0.717, 1.165) is 51.6 Å². The highest BCUT2D eigenvalue weighted by atomic mass is 35.5. The van der Waals surface area contributed by atoms with Crippen molar-refractivity contribution < 1.29 is 4.74 Å². The van der Waals surface area contributed by atoms with Crippen molar-refractivity contribution in [3.8, 4) is 5.88 Å². The van der Waals surface area contributed by atoms with Gasteiger partial charge in [-0.3, -0.25) is 0 Å². The zero-order chi connectivity index (χ0) is 16.1. The van der Waals surface area contributed by atoms with Gasteiger partial charge in [0, 0.05) is 45.0 Å². The Hall–Kier alpha value is -1.11. The monoisotopic (exact) mass is 355 g/mol. The Kier molecular flexibility index (Phi) is 7.07. The fourth-order valence-electron chi connectivity index (χ4n) is 3.59. The van der Waals surface area contributed by atoms with E-state index in [9.17, 15) is 0 Å². The number of hydrogen-bond acceptors (Lipinski definition) is 6. The largest absolute Gasteiger partial charge is 0.478 e. The van der Waals surface area contributed by atoms with Gasteiger partial charge in [-0.2, -0.15) is 4.98 Å². The summed E-state index contributed by atoms with van der Waals surface area (Å²) in [5, 5.41) is 3.50. The SMILES string of the molecule is CCOc1ccnc(N2CCCN(CC3(C)CCNC3)CC2)n1.Cl. The fourth-order valence-corrected chi connectivity index (χ4v) is 3.59. The smallest absolute Gasteiger partial charge is 0.228 e. The molecule has 1 N–H and O–H groups in total. The van der Waals surface area contributed by atoms with Gasteiger partial charge in [0.15, 0.2) is 0 Å². The highest BCUT2D eigenvalue weighted by Crippen LogP contribution is 2.26. The third kappa shape index (κ3) is 4.94. The topological polar surface area (TPSA) is 53.5 Å². The molecule has 1 aromatic heterocycles. The van der Waals surface area contributed by atoms with Crippen molar-refractivity contribution in [3.63, 3.8) is 0 Å². The quantitative estimate of drug-likeness (QED) is 0.869. The normalized spacial score (nSPS) is 25.2. The molecular weight excluding hydrogens is 326 g/mol. The molecule has 3 heterocycles. The second-order valence-electron chi connectivity index (χ2n) is 6.98. The first-order chi connectivity index (χ1) is 11.2. The van der Waals surface area contributed by atoms with Crippen LogP contribution in [0.3, 0.4) is 0 Å². The zero-order valence-corrected chi connectivity index (χ0v) is 15.6. The van der Waals surface area contributed by atoms with E-state index in [0.29, 0.717) is 17.9 Å². The molecule has 2 aliphatic rings. The van der Waals surface area contributed by atoms with E-state index in [2.05, 4.69) is 32.0 Å². The predicted octanol–water partition coefficient (Wildman–Crippen LogP) is 1.81. The molecule has 24 heavy (non-hydrogen) atoms. The Morgan fingerprint density at radius 2 is 2.17 bits per heavy atom. The number of halogens is 1. The minimum Gasteiger partial charge on any atom is -0.478 e. The second kappa shape index (κ2) is 8.83. The van der Waals surface area contributed by atoms with Crippen LogP contribution in [0.25, 0.3) is 0 Å². The number of rotatable bonds is 5. The molecule has 0 aromatic carbocycles. The molecule has 7 heteroatoms. The molecule has 2 saturated heterocycles. The molecule has 1 aromatic rings. The molecule has 0 radical (unpaired) electrons. The zero-order valence-electron chi connectivity index (χ0n) is 14.8. The number of nitrogens with zero attached hydrogens (tertiary/aromatic N) is 4. The first-order valence-electron chi connectivity index (χ1n) is 8.82. The summed E-state index contributed by atoms with van der Waals surface area (Å²) < 4.78 is 5.50. The van der Waals surface area contributed by atoms with E-state index in [-0.39, 0.29) is 12.4 Å². The lowest BCUT2D eigenvalue weighted by molar-refractivity contribution is 0.187. The molecule has 6 nitrogen and oxygen atoms in total. The molecule has 0 bridgehead atoms. The van der Waals surface area contributed by atoms with Crippen LogP contribution in [0.4, 0.5) is 5.95 Å². The van der Waals surface area contributed by atoms with Crippen LogP contribution in [0.2, 0.25) is 0 Å². The number of anilines is 1. The van der Waals surface area contributed by atoms with E-state index >= 15 is 0 Å². The van der Waals surface area contributed by atoms with Crippen LogP contribution >= 0.6 is 12.4 Å². The number of aromatic nitrogens is 2. The van der Waals surface area contributed by atoms with Crippen molar-refractivity contribution in [3.05, 3.63) is 12.3 Å². The maximum Gasteiger partial charge on any atom is 0.228 e. The minimum absolute atomic E-state index is 0. The van der Waals surface area contributed by atoms with Gasteiger partial charge in [-0.15, -0.1) is 12.4 Å². The third-order valence-corrected chi connectivity index (χ3v) is 4.84.